The Morgan fingerprint density at radius 3 is 2.35 bits per heavy atom. The summed E-state index contributed by atoms with van der Waals surface area (Å²) >= 11 is 13.4. The van der Waals surface area contributed by atoms with E-state index in [9.17, 15) is 4.79 Å². The van der Waals surface area contributed by atoms with Gasteiger partial charge in [-0.25, -0.2) is 0 Å². The van der Waals surface area contributed by atoms with Crippen LogP contribution in [0.1, 0.15) is 9.67 Å². The first-order valence-corrected chi connectivity index (χ1v) is 8.38. The normalized spacial score (nSPS) is 10.5. The summed E-state index contributed by atoms with van der Waals surface area (Å²) in [6.07, 6.45) is 0. The van der Waals surface area contributed by atoms with Crippen LogP contribution in [-0.4, -0.2) is 5.91 Å². The quantitative estimate of drug-likeness (QED) is 0.599. The lowest BCUT2D eigenvalue weighted by Gasteiger charge is -2.09. The summed E-state index contributed by atoms with van der Waals surface area (Å²) < 4.78 is 0. The van der Waals surface area contributed by atoms with Gasteiger partial charge in [-0.05, 0) is 29.1 Å². The molecule has 0 aliphatic carbocycles. The zero-order valence-electron chi connectivity index (χ0n) is 11.8. The topological polar surface area (TPSA) is 55.1 Å². The van der Waals surface area contributed by atoms with Crippen molar-refractivity contribution in [2.24, 2.45) is 0 Å². The number of hydrogen-bond acceptors (Lipinski definition) is 3. The summed E-state index contributed by atoms with van der Waals surface area (Å²) in [6, 6.07) is 14.8. The summed E-state index contributed by atoms with van der Waals surface area (Å²) in [7, 11) is 0. The first kappa shape index (κ1) is 15.9. The van der Waals surface area contributed by atoms with Gasteiger partial charge in [0.05, 0.1) is 20.6 Å². The van der Waals surface area contributed by atoms with Crippen molar-refractivity contribution in [3.8, 4) is 11.1 Å². The van der Waals surface area contributed by atoms with Crippen molar-refractivity contribution < 1.29 is 4.79 Å². The SMILES string of the molecule is Nc1c(Cl)cc(NC(=O)c2sccc2-c2ccccc2)cc1Cl. The number of benzene rings is 2. The van der Waals surface area contributed by atoms with E-state index in [0.717, 1.165) is 11.1 Å². The molecule has 0 fully saturated rings. The molecule has 0 spiro atoms. The van der Waals surface area contributed by atoms with Crippen molar-refractivity contribution in [2.45, 2.75) is 0 Å². The average molecular weight is 363 g/mol. The lowest BCUT2D eigenvalue weighted by Crippen LogP contribution is -2.11. The lowest BCUT2D eigenvalue weighted by molar-refractivity contribution is 0.103. The Kier molecular flexibility index (Phi) is 4.57. The molecule has 0 atom stereocenters. The molecule has 1 amide bonds. The third-order valence-corrected chi connectivity index (χ3v) is 4.83. The Bertz CT molecular complexity index is 839. The molecule has 3 rings (SSSR count). The van der Waals surface area contributed by atoms with Crippen LogP contribution in [0.3, 0.4) is 0 Å². The van der Waals surface area contributed by atoms with Crippen molar-refractivity contribution in [3.05, 3.63) is 68.8 Å². The lowest BCUT2D eigenvalue weighted by atomic mass is 10.1. The maximum Gasteiger partial charge on any atom is 0.266 e. The van der Waals surface area contributed by atoms with E-state index in [4.69, 9.17) is 28.9 Å². The molecule has 0 aliphatic heterocycles. The van der Waals surface area contributed by atoms with E-state index in [0.29, 0.717) is 26.3 Å². The maximum absolute atomic E-state index is 12.6. The second-order valence-electron chi connectivity index (χ2n) is 4.84. The number of hydrogen-bond donors (Lipinski definition) is 2. The van der Waals surface area contributed by atoms with Gasteiger partial charge in [-0.2, -0.15) is 0 Å². The Labute approximate surface area is 147 Å². The van der Waals surface area contributed by atoms with Crippen molar-refractivity contribution in [1.82, 2.24) is 0 Å². The molecular weight excluding hydrogens is 351 g/mol. The van der Waals surface area contributed by atoms with Gasteiger partial charge in [0.25, 0.3) is 5.91 Å². The number of nitrogens with two attached hydrogens (primary N) is 1. The van der Waals surface area contributed by atoms with Crippen LogP contribution in [0, 0.1) is 0 Å². The molecular formula is C17H12Cl2N2OS. The van der Waals surface area contributed by atoms with Crippen molar-refractivity contribution in [2.75, 3.05) is 11.1 Å². The van der Waals surface area contributed by atoms with E-state index in [1.54, 1.807) is 12.1 Å². The van der Waals surface area contributed by atoms with E-state index in [2.05, 4.69) is 5.32 Å². The molecule has 3 aromatic rings. The van der Waals surface area contributed by atoms with Gasteiger partial charge in [0.1, 0.15) is 0 Å². The molecule has 0 saturated carbocycles. The molecule has 1 aromatic heterocycles. The minimum Gasteiger partial charge on any atom is -0.396 e. The van der Waals surface area contributed by atoms with Crippen molar-refractivity contribution in [1.29, 1.82) is 0 Å². The Hall–Kier alpha value is -2.01. The maximum atomic E-state index is 12.6. The molecule has 0 radical (unpaired) electrons. The fourth-order valence-electron chi connectivity index (χ4n) is 2.17. The molecule has 3 nitrogen and oxygen atoms in total. The van der Waals surface area contributed by atoms with Crippen LogP contribution in [-0.2, 0) is 0 Å². The standard InChI is InChI=1S/C17H12Cl2N2OS/c18-13-8-11(9-14(19)15(13)20)21-17(22)16-12(6-7-23-16)10-4-2-1-3-5-10/h1-9H,20H2,(H,21,22). The van der Waals surface area contributed by atoms with Crippen LogP contribution < -0.4 is 11.1 Å². The molecule has 1 heterocycles. The third kappa shape index (κ3) is 3.34. The molecule has 2 aromatic carbocycles. The molecule has 0 aliphatic rings. The molecule has 6 heteroatoms. The van der Waals surface area contributed by atoms with Gasteiger partial charge in [0.15, 0.2) is 0 Å². The second-order valence-corrected chi connectivity index (χ2v) is 6.57. The highest BCUT2D eigenvalue weighted by Crippen LogP contribution is 2.33. The van der Waals surface area contributed by atoms with Crippen LogP contribution in [0.2, 0.25) is 10.0 Å². The Balaban J connectivity index is 1.90. The summed E-state index contributed by atoms with van der Waals surface area (Å²) in [5, 5.41) is 5.31. The molecule has 0 saturated heterocycles. The summed E-state index contributed by atoms with van der Waals surface area (Å²) in [5.74, 6) is -0.212. The van der Waals surface area contributed by atoms with Crippen LogP contribution in [0.4, 0.5) is 11.4 Å². The Morgan fingerprint density at radius 2 is 1.70 bits per heavy atom. The smallest absolute Gasteiger partial charge is 0.266 e. The molecule has 3 N–H and O–H groups in total. The number of nitrogen functional groups attached to an aromatic ring is 1. The largest absolute Gasteiger partial charge is 0.396 e. The predicted molar refractivity (Wildman–Crippen MR) is 98.6 cm³/mol. The minimum atomic E-state index is -0.212. The summed E-state index contributed by atoms with van der Waals surface area (Å²) in [6.45, 7) is 0. The first-order chi connectivity index (χ1) is 11.1. The van der Waals surface area contributed by atoms with E-state index in [1.165, 1.54) is 11.3 Å². The third-order valence-electron chi connectivity index (χ3n) is 3.29. The average Bonchev–Trinajstić information content (AvgIpc) is 3.03. The van der Waals surface area contributed by atoms with Crippen LogP contribution in [0.15, 0.2) is 53.9 Å². The zero-order chi connectivity index (χ0) is 16.4. The number of amides is 1. The van der Waals surface area contributed by atoms with E-state index in [-0.39, 0.29) is 5.91 Å². The molecule has 116 valence electrons. The van der Waals surface area contributed by atoms with E-state index in [1.807, 2.05) is 41.8 Å². The highest BCUT2D eigenvalue weighted by Gasteiger charge is 2.15. The van der Waals surface area contributed by atoms with Crippen LogP contribution in [0.5, 0.6) is 0 Å². The van der Waals surface area contributed by atoms with E-state index >= 15 is 0 Å². The summed E-state index contributed by atoms with van der Waals surface area (Å²) in [4.78, 5) is 13.2. The molecule has 0 unspecified atom stereocenters. The van der Waals surface area contributed by atoms with Gasteiger partial charge in [-0.15, -0.1) is 11.3 Å². The van der Waals surface area contributed by atoms with Gasteiger partial charge < -0.3 is 11.1 Å². The van der Waals surface area contributed by atoms with Crippen LogP contribution >= 0.6 is 34.5 Å². The highest BCUT2D eigenvalue weighted by atomic mass is 35.5. The molecule has 23 heavy (non-hydrogen) atoms. The van der Waals surface area contributed by atoms with E-state index < -0.39 is 0 Å². The van der Waals surface area contributed by atoms with Gasteiger partial charge >= 0.3 is 0 Å². The second kappa shape index (κ2) is 6.62. The number of carbonyl (C=O) groups excluding carboxylic acids is 1. The van der Waals surface area contributed by atoms with Gasteiger partial charge in [0.2, 0.25) is 0 Å². The van der Waals surface area contributed by atoms with Crippen molar-refractivity contribution in [3.63, 3.8) is 0 Å². The number of rotatable bonds is 3. The predicted octanol–water partition coefficient (Wildman–Crippen LogP) is 5.56. The first-order valence-electron chi connectivity index (χ1n) is 6.75. The number of nitrogens with one attached hydrogen (secondary N) is 1. The van der Waals surface area contributed by atoms with Gasteiger partial charge in [-0.3, -0.25) is 4.79 Å². The van der Waals surface area contributed by atoms with Crippen LogP contribution in [0.25, 0.3) is 11.1 Å². The minimum absolute atomic E-state index is 0.212. The Morgan fingerprint density at radius 1 is 1.04 bits per heavy atom. The van der Waals surface area contributed by atoms with Crippen molar-refractivity contribution >= 4 is 51.8 Å². The fraction of sp³-hybridized carbons (Fsp3) is 0. The number of thiophene rings is 1. The van der Waals surface area contributed by atoms with Gasteiger partial charge in [-0.1, -0.05) is 53.5 Å². The highest BCUT2D eigenvalue weighted by molar-refractivity contribution is 7.12. The fourth-order valence-corrected chi connectivity index (χ4v) is 3.47. The number of anilines is 2. The summed E-state index contributed by atoms with van der Waals surface area (Å²) in [5.41, 5.74) is 8.39. The zero-order valence-corrected chi connectivity index (χ0v) is 14.2. The number of halogens is 2. The molecule has 0 bridgehead atoms. The van der Waals surface area contributed by atoms with Gasteiger partial charge in [0, 0.05) is 11.3 Å². The number of carbonyl (C=O) groups is 1. The monoisotopic (exact) mass is 362 g/mol.